The standard InChI is InChI=1S/C16H17NO.2ClH/c1-3-17(4-2)13-9-7-11-15-16(13)12-8-5-6-10-14(12)18-15;;/h5-11H,3-4H2,1-2H3;2*1H. The molecular weight excluding hydrogens is 293 g/mol. The molecule has 0 atom stereocenters. The SMILES string of the molecule is CCN(CC)c1cccc2oc3ccccc3c12.Cl.Cl. The molecule has 3 aromatic rings. The summed E-state index contributed by atoms with van der Waals surface area (Å²) in [5.41, 5.74) is 3.20. The molecule has 108 valence electrons. The van der Waals surface area contributed by atoms with Gasteiger partial charge >= 0.3 is 0 Å². The molecule has 0 aliphatic rings. The van der Waals surface area contributed by atoms with Crippen LogP contribution >= 0.6 is 24.8 Å². The molecule has 0 amide bonds. The average Bonchev–Trinajstić information content (AvgIpc) is 2.79. The Bertz CT molecular complexity index is 689. The maximum Gasteiger partial charge on any atom is 0.137 e. The van der Waals surface area contributed by atoms with E-state index in [1.165, 1.54) is 16.5 Å². The van der Waals surface area contributed by atoms with Crippen LogP contribution in [-0.4, -0.2) is 13.1 Å². The van der Waals surface area contributed by atoms with Crippen LogP contribution in [0.3, 0.4) is 0 Å². The second-order valence-corrected chi connectivity index (χ2v) is 4.42. The molecule has 1 aromatic heterocycles. The summed E-state index contributed by atoms with van der Waals surface area (Å²) in [7, 11) is 0. The third-order valence-electron chi connectivity index (χ3n) is 3.48. The second kappa shape index (κ2) is 6.87. The van der Waals surface area contributed by atoms with Crippen molar-refractivity contribution in [3.8, 4) is 0 Å². The lowest BCUT2D eigenvalue weighted by molar-refractivity contribution is 0.669. The lowest BCUT2D eigenvalue weighted by Crippen LogP contribution is -2.21. The van der Waals surface area contributed by atoms with E-state index in [9.17, 15) is 0 Å². The first-order valence-corrected chi connectivity index (χ1v) is 6.50. The normalized spacial score (nSPS) is 10.1. The molecule has 4 heteroatoms. The van der Waals surface area contributed by atoms with Crippen molar-refractivity contribution < 1.29 is 4.42 Å². The number of rotatable bonds is 3. The summed E-state index contributed by atoms with van der Waals surface area (Å²) in [6.07, 6.45) is 0. The minimum Gasteiger partial charge on any atom is -0.456 e. The van der Waals surface area contributed by atoms with E-state index in [-0.39, 0.29) is 24.8 Å². The summed E-state index contributed by atoms with van der Waals surface area (Å²) in [6, 6.07) is 14.5. The Morgan fingerprint density at radius 2 is 1.50 bits per heavy atom. The number of anilines is 1. The number of halogens is 2. The van der Waals surface area contributed by atoms with Gasteiger partial charge in [0.15, 0.2) is 0 Å². The van der Waals surface area contributed by atoms with Crippen LogP contribution in [0.15, 0.2) is 46.9 Å². The van der Waals surface area contributed by atoms with Crippen LogP contribution in [0.5, 0.6) is 0 Å². The highest BCUT2D eigenvalue weighted by molar-refractivity contribution is 6.11. The molecule has 0 unspecified atom stereocenters. The van der Waals surface area contributed by atoms with Crippen molar-refractivity contribution in [2.24, 2.45) is 0 Å². The van der Waals surface area contributed by atoms with Crippen LogP contribution in [0.4, 0.5) is 5.69 Å². The van der Waals surface area contributed by atoms with Gasteiger partial charge in [-0.2, -0.15) is 0 Å². The van der Waals surface area contributed by atoms with Gasteiger partial charge in [0.1, 0.15) is 11.2 Å². The molecule has 0 spiro atoms. The highest BCUT2D eigenvalue weighted by Crippen LogP contribution is 2.35. The topological polar surface area (TPSA) is 16.4 Å². The van der Waals surface area contributed by atoms with Crippen molar-refractivity contribution in [2.45, 2.75) is 13.8 Å². The molecule has 0 radical (unpaired) electrons. The average molecular weight is 312 g/mol. The van der Waals surface area contributed by atoms with Gasteiger partial charge in [-0.05, 0) is 32.0 Å². The van der Waals surface area contributed by atoms with Gasteiger partial charge in [-0.15, -0.1) is 24.8 Å². The number of hydrogen-bond acceptors (Lipinski definition) is 2. The van der Waals surface area contributed by atoms with Crippen molar-refractivity contribution in [1.82, 2.24) is 0 Å². The fraction of sp³-hybridized carbons (Fsp3) is 0.250. The summed E-state index contributed by atoms with van der Waals surface area (Å²) in [4.78, 5) is 2.37. The van der Waals surface area contributed by atoms with Gasteiger partial charge in [0.25, 0.3) is 0 Å². The summed E-state index contributed by atoms with van der Waals surface area (Å²) in [6.45, 7) is 6.39. The maximum absolute atomic E-state index is 5.91. The third-order valence-corrected chi connectivity index (χ3v) is 3.48. The van der Waals surface area contributed by atoms with E-state index >= 15 is 0 Å². The zero-order valence-corrected chi connectivity index (χ0v) is 13.3. The highest BCUT2D eigenvalue weighted by atomic mass is 35.5. The minimum absolute atomic E-state index is 0. The van der Waals surface area contributed by atoms with E-state index in [1.54, 1.807) is 0 Å². The third kappa shape index (κ3) is 2.58. The van der Waals surface area contributed by atoms with E-state index in [1.807, 2.05) is 18.2 Å². The molecule has 20 heavy (non-hydrogen) atoms. The summed E-state index contributed by atoms with van der Waals surface area (Å²) >= 11 is 0. The molecule has 0 N–H and O–H groups in total. The molecule has 0 fully saturated rings. The Kier molecular flexibility index (Phi) is 5.73. The summed E-state index contributed by atoms with van der Waals surface area (Å²) in [5.74, 6) is 0. The van der Waals surface area contributed by atoms with E-state index in [0.29, 0.717) is 0 Å². The van der Waals surface area contributed by atoms with Gasteiger partial charge < -0.3 is 9.32 Å². The van der Waals surface area contributed by atoms with E-state index in [2.05, 4.69) is 43.0 Å². The Labute approximate surface area is 131 Å². The first-order valence-electron chi connectivity index (χ1n) is 6.50. The lowest BCUT2D eigenvalue weighted by Gasteiger charge is -2.21. The van der Waals surface area contributed by atoms with E-state index < -0.39 is 0 Å². The van der Waals surface area contributed by atoms with Gasteiger partial charge in [0.05, 0.1) is 5.39 Å². The molecule has 3 rings (SSSR count). The monoisotopic (exact) mass is 311 g/mol. The fourth-order valence-electron chi connectivity index (χ4n) is 2.58. The first-order chi connectivity index (χ1) is 8.85. The largest absolute Gasteiger partial charge is 0.456 e. The van der Waals surface area contributed by atoms with Crippen molar-refractivity contribution in [3.05, 3.63) is 42.5 Å². The van der Waals surface area contributed by atoms with Gasteiger partial charge in [0, 0.05) is 24.2 Å². The summed E-state index contributed by atoms with van der Waals surface area (Å²) < 4.78 is 5.91. The number of fused-ring (bicyclic) bond motifs is 3. The number of nitrogens with zero attached hydrogens (tertiary/aromatic N) is 1. The van der Waals surface area contributed by atoms with Gasteiger partial charge in [-0.25, -0.2) is 0 Å². The lowest BCUT2D eigenvalue weighted by atomic mass is 10.1. The Balaban J connectivity index is 0.000001000. The van der Waals surface area contributed by atoms with Gasteiger partial charge in [-0.1, -0.05) is 24.3 Å². The number of hydrogen-bond donors (Lipinski definition) is 0. The Hall–Kier alpha value is -1.38. The first kappa shape index (κ1) is 16.7. The molecule has 0 saturated heterocycles. The zero-order chi connectivity index (χ0) is 12.5. The number of benzene rings is 2. The number of furan rings is 1. The zero-order valence-electron chi connectivity index (χ0n) is 11.6. The quantitative estimate of drug-likeness (QED) is 0.654. The Morgan fingerprint density at radius 1 is 0.850 bits per heavy atom. The van der Waals surface area contributed by atoms with Crippen LogP contribution in [0, 0.1) is 0 Å². The molecule has 0 aliphatic carbocycles. The van der Waals surface area contributed by atoms with Crippen LogP contribution < -0.4 is 4.90 Å². The van der Waals surface area contributed by atoms with Crippen molar-refractivity contribution >= 4 is 52.4 Å². The predicted molar refractivity (Wildman–Crippen MR) is 91.8 cm³/mol. The molecule has 2 nitrogen and oxygen atoms in total. The molecule has 1 heterocycles. The smallest absolute Gasteiger partial charge is 0.137 e. The molecule has 2 aromatic carbocycles. The van der Waals surface area contributed by atoms with Crippen molar-refractivity contribution in [3.63, 3.8) is 0 Å². The second-order valence-electron chi connectivity index (χ2n) is 4.42. The van der Waals surface area contributed by atoms with Crippen molar-refractivity contribution in [1.29, 1.82) is 0 Å². The van der Waals surface area contributed by atoms with E-state index in [4.69, 9.17) is 4.42 Å². The molecular formula is C16H19Cl2NO. The maximum atomic E-state index is 5.91. The molecule has 0 bridgehead atoms. The molecule has 0 aliphatic heterocycles. The molecule has 0 saturated carbocycles. The minimum atomic E-state index is 0. The van der Waals surface area contributed by atoms with Crippen LogP contribution in [0.1, 0.15) is 13.8 Å². The summed E-state index contributed by atoms with van der Waals surface area (Å²) in [5, 5.41) is 2.44. The van der Waals surface area contributed by atoms with Gasteiger partial charge in [-0.3, -0.25) is 0 Å². The number of para-hydroxylation sites is 1. The fourth-order valence-corrected chi connectivity index (χ4v) is 2.58. The van der Waals surface area contributed by atoms with Crippen LogP contribution in [-0.2, 0) is 0 Å². The van der Waals surface area contributed by atoms with Crippen LogP contribution in [0.25, 0.3) is 21.9 Å². The van der Waals surface area contributed by atoms with Gasteiger partial charge in [0.2, 0.25) is 0 Å². The van der Waals surface area contributed by atoms with E-state index in [0.717, 1.165) is 24.3 Å². The van der Waals surface area contributed by atoms with Crippen LogP contribution in [0.2, 0.25) is 0 Å². The Morgan fingerprint density at radius 3 is 2.20 bits per heavy atom. The van der Waals surface area contributed by atoms with Crippen molar-refractivity contribution in [2.75, 3.05) is 18.0 Å². The predicted octanol–water partition coefficient (Wildman–Crippen LogP) is 5.28. The highest BCUT2D eigenvalue weighted by Gasteiger charge is 2.13.